The molecule has 0 aliphatic rings. The summed E-state index contributed by atoms with van der Waals surface area (Å²) in [6, 6.07) is 7.69. The largest absolute Gasteiger partial charge is 0.326 e. The summed E-state index contributed by atoms with van der Waals surface area (Å²) < 4.78 is 0. The van der Waals surface area contributed by atoms with E-state index in [-0.39, 0.29) is 12.4 Å². The van der Waals surface area contributed by atoms with Crippen LogP contribution in [0.25, 0.3) is 10.4 Å². The van der Waals surface area contributed by atoms with Gasteiger partial charge in [-0.15, -0.1) is 12.4 Å². The van der Waals surface area contributed by atoms with Crippen LogP contribution >= 0.6 is 12.4 Å². The number of nitrogens with zero attached hydrogens (tertiary/aromatic N) is 3. The summed E-state index contributed by atoms with van der Waals surface area (Å²) in [4.78, 5) is 2.67. The first kappa shape index (κ1) is 11.8. The van der Waals surface area contributed by atoms with E-state index in [9.17, 15) is 0 Å². The van der Waals surface area contributed by atoms with Crippen molar-refractivity contribution >= 4 is 12.4 Å². The van der Waals surface area contributed by atoms with E-state index in [1.165, 1.54) is 0 Å². The summed E-state index contributed by atoms with van der Waals surface area (Å²) >= 11 is 0. The molecule has 0 heterocycles. The van der Waals surface area contributed by atoms with Gasteiger partial charge in [0.2, 0.25) is 0 Å². The van der Waals surface area contributed by atoms with E-state index in [1.54, 1.807) is 0 Å². The second-order valence-corrected chi connectivity index (χ2v) is 2.41. The molecule has 0 aliphatic carbocycles. The highest BCUT2D eigenvalue weighted by Crippen LogP contribution is 2.04. The lowest BCUT2D eigenvalue weighted by Gasteiger charge is -1.97. The van der Waals surface area contributed by atoms with Crippen LogP contribution in [0.3, 0.4) is 0 Å². The van der Waals surface area contributed by atoms with Gasteiger partial charge in [0.15, 0.2) is 0 Å². The van der Waals surface area contributed by atoms with Crippen LogP contribution in [0.4, 0.5) is 0 Å². The first-order valence-electron chi connectivity index (χ1n) is 3.65. The van der Waals surface area contributed by atoms with Gasteiger partial charge in [-0.05, 0) is 16.7 Å². The normalized spacial score (nSPS) is 8.38. The van der Waals surface area contributed by atoms with E-state index < -0.39 is 0 Å². The second-order valence-electron chi connectivity index (χ2n) is 2.41. The summed E-state index contributed by atoms with van der Waals surface area (Å²) in [6.07, 6.45) is 0. The van der Waals surface area contributed by atoms with Gasteiger partial charge in [0.05, 0.1) is 6.54 Å². The van der Waals surface area contributed by atoms with Gasteiger partial charge in [0.25, 0.3) is 0 Å². The van der Waals surface area contributed by atoms with Gasteiger partial charge in [0.1, 0.15) is 0 Å². The van der Waals surface area contributed by atoms with Gasteiger partial charge in [-0.25, -0.2) is 0 Å². The molecule has 0 bridgehead atoms. The lowest BCUT2D eigenvalue weighted by Crippen LogP contribution is -1.95. The average molecular weight is 199 g/mol. The molecule has 0 aliphatic heterocycles. The molecule has 0 spiro atoms. The first-order chi connectivity index (χ1) is 5.86. The molecule has 0 saturated carbocycles. The maximum atomic E-state index is 8.07. The molecule has 4 nitrogen and oxygen atoms in total. The molecule has 1 aromatic rings. The second kappa shape index (κ2) is 6.31. The van der Waals surface area contributed by atoms with Crippen LogP contribution in [0.2, 0.25) is 0 Å². The molecule has 0 unspecified atom stereocenters. The van der Waals surface area contributed by atoms with Gasteiger partial charge < -0.3 is 5.73 Å². The van der Waals surface area contributed by atoms with E-state index in [2.05, 4.69) is 10.0 Å². The Balaban J connectivity index is 0.00000144. The molecule has 0 radical (unpaired) electrons. The van der Waals surface area contributed by atoms with Crippen molar-refractivity contribution in [3.8, 4) is 0 Å². The lowest BCUT2D eigenvalue weighted by molar-refractivity contribution is 1.03. The molecule has 0 atom stereocenters. The highest BCUT2D eigenvalue weighted by atomic mass is 35.5. The fourth-order valence-electron chi connectivity index (χ4n) is 0.894. The summed E-state index contributed by atoms with van der Waals surface area (Å²) in [6.45, 7) is 0.948. The topological polar surface area (TPSA) is 74.8 Å². The molecule has 13 heavy (non-hydrogen) atoms. The summed E-state index contributed by atoms with van der Waals surface area (Å²) in [5, 5.41) is 3.45. The van der Waals surface area contributed by atoms with Crippen LogP contribution in [0.5, 0.6) is 0 Å². The van der Waals surface area contributed by atoms with Crippen LogP contribution in [0.1, 0.15) is 11.1 Å². The SMILES string of the molecule is Cl.[N-]=[N+]=NCc1ccc(CN)cc1. The van der Waals surface area contributed by atoms with Crippen molar-refractivity contribution in [3.05, 3.63) is 45.8 Å². The monoisotopic (exact) mass is 198 g/mol. The van der Waals surface area contributed by atoms with Crippen LogP contribution in [0.15, 0.2) is 29.4 Å². The van der Waals surface area contributed by atoms with Crippen LogP contribution in [0, 0.1) is 0 Å². The quantitative estimate of drug-likeness (QED) is 0.452. The predicted molar refractivity (Wildman–Crippen MR) is 54.4 cm³/mol. The van der Waals surface area contributed by atoms with Gasteiger partial charge in [0, 0.05) is 11.5 Å². The average Bonchev–Trinajstić information content (AvgIpc) is 2.15. The first-order valence-corrected chi connectivity index (χ1v) is 3.65. The molecule has 1 rings (SSSR count). The van der Waals surface area contributed by atoms with E-state index in [0.717, 1.165) is 11.1 Å². The molecule has 0 amide bonds. The van der Waals surface area contributed by atoms with Gasteiger partial charge in [-0.2, -0.15) is 0 Å². The van der Waals surface area contributed by atoms with Gasteiger partial charge >= 0.3 is 0 Å². The van der Waals surface area contributed by atoms with Crippen LogP contribution < -0.4 is 5.73 Å². The van der Waals surface area contributed by atoms with E-state index in [1.807, 2.05) is 24.3 Å². The van der Waals surface area contributed by atoms with Crippen molar-refractivity contribution in [3.63, 3.8) is 0 Å². The van der Waals surface area contributed by atoms with Crippen LogP contribution in [-0.2, 0) is 13.1 Å². The lowest BCUT2D eigenvalue weighted by atomic mass is 10.1. The highest BCUT2D eigenvalue weighted by Gasteiger charge is 1.90. The number of nitrogens with two attached hydrogens (primary N) is 1. The Labute approximate surface area is 82.8 Å². The van der Waals surface area contributed by atoms with E-state index >= 15 is 0 Å². The van der Waals surface area contributed by atoms with Crippen molar-refractivity contribution in [1.29, 1.82) is 0 Å². The van der Waals surface area contributed by atoms with Crippen molar-refractivity contribution in [2.24, 2.45) is 10.8 Å². The number of hydrogen-bond acceptors (Lipinski definition) is 2. The molecular formula is C8H11ClN4. The standard InChI is InChI=1S/C8H10N4.ClH/c9-5-7-1-3-8(4-2-7)6-11-12-10;/h1-4H,5-6,9H2;1H. The third-order valence-electron chi connectivity index (χ3n) is 1.58. The number of benzene rings is 1. The maximum Gasteiger partial charge on any atom is 0.0510 e. The Hall–Kier alpha value is -1.22. The van der Waals surface area contributed by atoms with Crippen molar-refractivity contribution in [2.75, 3.05) is 0 Å². The molecule has 0 aromatic heterocycles. The van der Waals surface area contributed by atoms with Gasteiger partial charge in [-0.1, -0.05) is 29.4 Å². The maximum absolute atomic E-state index is 8.07. The summed E-state index contributed by atoms with van der Waals surface area (Å²) in [5.74, 6) is 0. The smallest absolute Gasteiger partial charge is 0.0510 e. The van der Waals surface area contributed by atoms with E-state index in [0.29, 0.717) is 13.1 Å². The zero-order valence-corrected chi connectivity index (χ0v) is 7.87. The van der Waals surface area contributed by atoms with Crippen molar-refractivity contribution < 1.29 is 0 Å². The molecule has 2 N–H and O–H groups in total. The molecule has 5 heteroatoms. The third-order valence-corrected chi connectivity index (χ3v) is 1.58. The zero-order chi connectivity index (χ0) is 8.81. The Bertz CT molecular complexity index is 290. The summed E-state index contributed by atoms with van der Waals surface area (Å²) in [7, 11) is 0. The fraction of sp³-hybridized carbons (Fsp3) is 0.250. The van der Waals surface area contributed by atoms with Crippen molar-refractivity contribution in [2.45, 2.75) is 13.1 Å². The number of rotatable bonds is 3. The van der Waals surface area contributed by atoms with Crippen LogP contribution in [-0.4, -0.2) is 0 Å². The molecule has 1 aromatic carbocycles. The minimum atomic E-state index is 0. The minimum absolute atomic E-state index is 0. The highest BCUT2D eigenvalue weighted by molar-refractivity contribution is 5.85. The predicted octanol–water partition coefficient (Wildman–Crippen LogP) is 2.38. The fourth-order valence-corrected chi connectivity index (χ4v) is 0.894. The Morgan fingerprint density at radius 1 is 1.23 bits per heavy atom. The number of azide groups is 1. The Morgan fingerprint density at radius 2 is 1.77 bits per heavy atom. The molecule has 0 fully saturated rings. The van der Waals surface area contributed by atoms with E-state index in [4.69, 9.17) is 11.3 Å². The summed E-state index contributed by atoms with van der Waals surface area (Å²) in [5.41, 5.74) is 15.6. The van der Waals surface area contributed by atoms with Crippen molar-refractivity contribution in [1.82, 2.24) is 0 Å². The Morgan fingerprint density at radius 3 is 2.23 bits per heavy atom. The Kier molecular flexibility index (Phi) is 5.72. The van der Waals surface area contributed by atoms with Gasteiger partial charge in [-0.3, -0.25) is 0 Å². The molecule has 0 saturated heterocycles. The molecule has 70 valence electrons. The zero-order valence-electron chi connectivity index (χ0n) is 7.05. The number of hydrogen-bond donors (Lipinski definition) is 1. The number of halogens is 1. The third kappa shape index (κ3) is 3.80. The minimum Gasteiger partial charge on any atom is -0.326 e. The molecular weight excluding hydrogens is 188 g/mol.